The molecule has 1 N–H and O–H groups in total. The topological polar surface area (TPSA) is 74.8 Å². The Morgan fingerprint density at radius 1 is 1.12 bits per heavy atom. The van der Waals surface area contributed by atoms with Crippen LogP contribution in [-0.4, -0.2) is 47.8 Å². The van der Waals surface area contributed by atoms with E-state index in [1.807, 2.05) is 56.0 Å². The lowest BCUT2D eigenvalue weighted by Crippen LogP contribution is -2.50. The molecule has 2 amide bonds. The number of anilines is 2. The lowest BCUT2D eigenvalue weighted by Gasteiger charge is -2.38. The first kappa shape index (κ1) is 22.1. The van der Waals surface area contributed by atoms with Crippen molar-refractivity contribution < 1.29 is 14.3 Å². The first-order valence-electron chi connectivity index (χ1n) is 11.3. The number of carbonyl (C=O) groups excluding carboxylic acids is 2. The molecule has 2 aliphatic rings. The summed E-state index contributed by atoms with van der Waals surface area (Å²) < 4.78 is 5.37. The van der Waals surface area contributed by atoms with Crippen molar-refractivity contribution in [1.82, 2.24) is 10.3 Å². The van der Waals surface area contributed by atoms with E-state index < -0.39 is 5.60 Å². The van der Waals surface area contributed by atoms with Crippen LogP contribution in [0, 0.1) is 0 Å². The van der Waals surface area contributed by atoms with Crippen LogP contribution < -0.4 is 15.1 Å². The number of para-hydroxylation sites is 1. The molecule has 0 spiro atoms. The highest BCUT2D eigenvalue weighted by atomic mass is 16.6. The molecule has 0 saturated carbocycles. The van der Waals surface area contributed by atoms with Crippen LogP contribution in [0.25, 0.3) is 0 Å². The highest BCUT2D eigenvalue weighted by Crippen LogP contribution is 2.29. The number of aromatic nitrogens is 1. The SMILES string of the molecule is CC1CC(NC(=O)OC(C)(C)C)CCN1c1ccc(C(=O)N2CCc3ccccc32)cn1. The average Bonchev–Trinajstić information content (AvgIpc) is 3.16. The van der Waals surface area contributed by atoms with Crippen LogP contribution in [-0.2, 0) is 11.2 Å². The quantitative estimate of drug-likeness (QED) is 0.782. The molecule has 2 aromatic rings. The predicted molar refractivity (Wildman–Crippen MR) is 125 cm³/mol. The highest BCUT2D eigenvalue weighted by Gasteiger charge is 2.29. The summed E-state index contributed by atoms with van der Waals surface area (Å²) >= 11 is 0. The number of carbonyl (C=O) groups is 2. The maximum Gasteiger partial charge on any atom is 0.407 e. The molecule has 3 heterocycles. The Hall–Kier alpha value is -3.09. The number of hydrogen-bond acceptors (Lipinski definition) is 5. The minimum atomic E-state index is -0.503. The molecule has 0 radical (unpaired) electrons. The fourth-order valence-electron chi connectivity index (χ4n) is 4.51. The number of alkyl carbamates (subject to hydrolysis) is 1. The second-order valence-corrected chi connectivity index (χ2v) is 9.65. The molecule has 7 heteroatoms. The molecule has 1 aromatic heterocycles. The molecule has 2 atom stereocenters. The van der Waals surface area contributed by atoms with Gasteiger partial charge in [0.25, 0.3) is 5.91 Å². The van der Waals surface area contributed by atoms with E-state index in [-0.39, 0.29) is 24.1 Å². The second-order valence-electron chi connectivity index (χ2n) is 9.65. The lowest BCUT2D eigenvalue weighted by atomic mass is 9.98. The molecule has 32 heavy (non-hydrogen) atoms. The van der Waals surface area contributed by atoms with Gasteiger partial charge < -0.3 is 19.9 Å². The molecule has 1 aromatic carbocycles. The van der Waals surface area contributed by atoms with E-state index >= 15 is 0 Å². The van der Waals surface area contributed by atoms with Crippen molar-refractivity contribution in [3.63, 3.8) is 0 Å². The molecule has 7 nitrogen and oxygen atoms in total. The van der Waals surface area contributed by atoms with Crippen molar-refractivity contribution in [2.45, 2.75) is 64.6 Å². The molecule has 1 fully saturated rings. The number of nitrogens with one attached hydrogen (secondary N) is 1. The van der Waals surface area contributed by atoms with Crippen LogP contribution in [0.3, 0.4) is 0 Å². The van der Waals surface area contributed by atoms with Gasteiger partial charge in [-0.05, 0) is 70.7 Å². The van der Waals surface area contributed by atoms with Crippen molar-refractivity contribution in [2.75, 3.05) is 22.9 Å². The number of piperidine rings is 1. The van der Waals surface area contributed by atoms with Crippen LogP contribution in [0.2, 0.25) is 0 Å². The van der Waals surface area contributed by atoms with Gasteiger partial charge in [-0.1, -0.05) is 18.2 Å². The normalized spacial score (nSPS) is 20.6. The van der Waals surface area contributed by atoms with E-state index in [9.17, 15) is 9.59 Å². The standard InChI is InChI=1S/C25H32N4O3/c1-17-15-20(27-24(31)32-25(2,3)4)12-14-28(17)22-10-9-19(16-26-22)23(30)29-13-11-18-7-5-6-8-21(18)29/h5-10,16-17,20H,11-15H2,1-4H3,(H,27,31). The first-order valence-corrected chi connectivity index (χ1v) is 11.3. The molecule has 2 aliphatic heterocycles. The van der Waals surface area contributed by atoms with Gasteiger partial charge in [-0.3, -0.25) is 4.79 Å². The number of ether oxygens (including phenoxy) is 1. The van der Waals surface area contributed by atoms with Gasteiger partial charge in [0.2, 0.25) is 0 Å². The van der Waals surface area contributed by atoms with Gasteiger partial charge in [-0.15, -0.1) is 0 Å². The van der Waals surface area contributed by atoms with Crippen LogP contribution in [0.1, 0.15) is 56.5 Å². The molecule has 1 saturated heterocycles. The van der Waals surface area contributed by atoms with Crippen molar-refractivity contribution >= 4 is 23.5 Å². The van der Waals surface area contributed by atoms with Crippen molar-refractivity contribution in [1.29, 1.82) is 0 Å². The zero-order valence-corrected chi connectivity index (χ0v) is 19.3. The Morgan fingerprint density at radius 3 is 2.59 bits per heavy atom. The zero-order valence-electron chi connectivity index (χ0n) is 19.3. The smallest absolute Gasteiger partial charge is 0.407 e. The Balaban J connectivity index is 1.37. The van der Waals surface area contributed by atoms with E-state index in [4.69, 9.17) is 4.74 Å². The fourth-order valence-corrected chi connectivity index (χ4v) is 4.51. The minimum Gasteiger partial charge on any atom is -0.444 e. The fraction of sp³-hybridized carbons (Fsp3) is 0.480. The van der Waals surface area contributed by atoms with E-state index in [1.54, 1.807) is 6.20 Å². The van der Waals surface area contributed by atoms with Crippen molar-refractivity contribution in [2.24, 2.45) is 0 Å². The van der Waals surface area contributed by atoms with E-state index in [1.165, 1.54) is 5.56 Å². The summed E-state index contributed by atoms with van der Waals surface area (Å²) in [6.45, 7) is 9.20. The van der Waals surface area contributed by atoms with E-state index in [2.05, 4.69) is 28.2 Å². The third-order valence-electron chi connectivity index (χ3n) is 6.02. The third-order valence-corrected chi connectivity index (χ3v) is 6.02. The Labute approximate surface area is 189 Å². The summed E-state index contributed by atoms with van der Waals surface area (Å²) in [6, 6.07) is 12.1. The van der Waals surface area contributed by atoms with E-state index in [0.717, 1.165) is 37.3 Å². The number of fused-ring (bicyclic) bond motifs is 1. The van der Waals surface area contributed by atoms with Gasteiger partial charge in [0, 0.05) is 37.1 Å². The maximum atomic E-state index is 13.0. The van der Waals surface area contributed by atoms with Gasteiger partial charge in [0.1, 0.15) is 11.4 Å². The van der Waals surface area contributed by atoms with Gasteiger partial charge in [0.15, 0.2) is 0 Å². The number of benzene rings is 1. The number of hydrogen-bond donors (Lipinski definition) is 1. The highest BCUT2D eigenvalue weighted by molar-refractivity contribution is 6.07. The number of nitrogens with zero attached hydrogens (tertiary/aromatic N) is 3. The summed E-state index contributed by atoms with van der Waals surface area (Å²) in [5.41, 5.74) is 2.30. The van der Waals surface area contributed by atoms with Crippen molar-refractivity contribution in [3.8, 4) is 0 Å². The number of pyridine rings is 1. The summed E-state index contributed by atoms with van der Waals surface area (Å²) in [4.78, 5) is 33.8. The van der Waals surface area contributed by atoms with Crippen LogP contribution in [0.5, 0.6) is 0 Å². The lowest BCUT2D eigenvalue weighted by molar-refractivity contribution is 0.0493. The molecule has 170 valence electrons. The van der Waals surface area contributed by atoms with Crippen LogP contribution >= 0.6 is 0 Å². The van der Waals surface area contributed by atoms with Gasteiger partial charge >= 0.3 is 6.09 Å². The van der Waals surface area contributed by atoms with Gasteiger partial charge in [-0.2, -0.15) is 0 Å². The number of amides is 2. The summed E-state index contributed by atoms with van der Waals surface area (Å²) in [6.07, 6.45) is 3.82. The number of rotatable bonds is 3. The summed E-state index contributed by atoms with van der Waals surface area (Å²) in [5.74, 6) is 0.842. The molecule has 0 aliphatic carbocycles. The second kappa shape index (κ2) is 8.81. The predicted octanol–water partition coefficient (Wildman–Crippen LogP) is 4.17. The largest absolute Gasteiger partial charge is 0.444 e. The molecular formula is C25H32N4O3. The van der Waals surface area contributed by atoms with E-state index in [0.29, 0.717) is 12.1 Å². The zero-order chi connectivity index (χ0) is 22.9. The minimum absolute atomic E-state index is 0.0117. The average molecular weight is 437 g/mol. The molecule has 4 rings (SSSR count). The monoisotopic (exact) mass is 436 g/mol. The molecule has 0 bridgehead atoms. The van der Waals surface area contributed by atoms with Crippen LogP contribution in [0.4, 0.5) is 16.3 Å². The Bertz CT molecular complexity index is 983. The first-order chi connectivity index (χ1) is 15.2. The Kier molecular flexibility index (Phi) is 6.09. The summed E-state index contributed by atoms with van der Waals surface area (Å²) in [7, 11) is 0. The van der Waals surface area contributed by atoms with Gasteiger partial charge in [0.05, 0.1) is 5.56 Å². The third kappa shape index (κ3) is 4.87. The van der Waals surface area contributed by atoms with Gasteiger partial charge in [-0.25, -0.2) is 9.78 Å². The van der Waals surface area contributed by atoms with Crippen LogP contribution in [0.15, 0.2) is 42.6 Å². The molecular weight excluding hydrogens is 404 g/mol. The summed E-state index contributed by atoms with van der Waals surface area (Å²) in [5, 5.41) is 2.98. The molecule has 2 unspecified atom stereocenters. The van der Waals surface area contributed by atoms with Crippen molar-refractivity contribution in [3.05, 3.63) is 53.7 Å². The maximum absolute atomic E-state index is 13.0. The Morgan fingerprint density at radius 2 is 1.91 bits per heavy atom.